The fourth-order valence-corrected chi connectivity index (χ4v) is 2.46. The van der Waals surface area contributed by atoms with Crippen LogP contribution in [0.2, 0.25) is 0 Å². The number of ether oxygens (including phenoxy) is 1. The molecule has 1 aromatic rings. The quantitative estimate of drug-likeness (QED) is 0.439. The average molecular weight is 332 g/mol. The van der Waals surface area contributed by atoms with Crippen molar-refractivity contribution >= 4 is 6.09 Å². The molecule has 0 aliphatic carbocycles. The first-order valence-electron chi connectivity index (χ1n) is 8.29. The van der Waals surface area contributed by atoms with Crippen molar-refractivity contribution < 1.29 is 9.53 Å². The first-order valence-corrected chi connectivity index (χ1v) is 8.29. The Bertz CT molecular complexity index is 560. The minimum atomic E-state index is -0.570. The summed E-state index contributed by atoms with van der Waals surface area (Å²) in [5.74, 6) is 0.345. The molecular formula is C18H28N4O2. The van der Waals surface area contributed by atoms with Crippen molar-refractivity contribution in [2.75, 3.05) is 0 Å². The topological polar surface area (TPSA) is 87.1 Å². The van der Waals surface area contributed by atoms with Gasteiger partial charge in [-0.25, -0.2) is 4.79 Å². The minimum absolute atomic E-state index is 0.282. The van der Waals surface area contributed by atoms with Gasteiger partial charge in [-0.3, -0.25) is 0 Å². The Kier molecular flexibility index (Phi) is 7.59. The molecule has 0 saturated heterocycles. The number of nitrogens with one attached hydrogen (secondary N) is 1. The number of hydrogen-bond donors (Lipinski definition) is 1. The minimum Gasteiger partial charge on any atom is -0.444 e. The third-order valence-electron chi connectivity index (χ3n) is 3.38. The molecule has 1 N–H and O–H groups in total. The Morgan fingerprint density at radius 2 is 1.92 bits per heavy atom. The fraction of sp³-hybridized carbons (Fsp3) is 0.611. The second kappa shape index (κ2) is 9.18. The number of hydrogen-bond acceptors (Lipinski definition) is 3. The number of nitrogens with zero attached hydrogens (tertiary/aromatic N) is 3. The molecule has 2 atom stereocenters. The highest BCUT2D eigenvalue weighted by atomic mass is 16.6. The maximum atomic E-state index is 12.1. The van der Waals surface area contributed by atoms with Gasteiger partial charge < -0.3 is 10.1 Å². The van der Waals surface area contributed by atoms with E-state index >= 15 is 0 Å². The van der Waals surface area contributed by atoms with E-state index < -0.39 is 11.7 Å². The van der Waals surface area contributed by atoms with Crippen LogP contribution in [-0.2, 0) is 11.2 Å². The molecule has 132 valence electrons. The van der Waals surface area contributed by atoms with E-state index in [9.17, 15) is 4.79 Å². The molecule has 6 heteroatoms. The molecule has 0 bridgehead atoms. The lowest BCUT2D eigenvalue weighted by Crippen LogP contribution is -2.46. The van der Waals surface area contributed by atoms with Gasteiger partial charge in [0.05, 0.1) is 6.04 Å². The Hall–Kier alpha value is -2.20. The smallest absolute Gasteiger partial charge is 0.407 e. The molecule has 0 unspecified atom stereocenters. The van der Waals surface area contributed by atoms with Gasteiger partial charge in [-0.2, -0.15) is 0 Å². The molecule has 1 rings (SSSR count). The summed E-state index contributed by atoms with van der Waals surface area (Å²) in [4.78, 5) is 15.1. The highest BCUT2D eigenvalue weighted by molar-refractivity contribution is 5.68. The lowest BCUT2D eigenvalue weighted by molar-refractivity contribution is 0.0490. The van der Waals surface area contributed by atoms with E-state index in [0.717, 1.165) is 5.56 Å². The highest BCUT2D eigenvalue weighted by Gasteiger charge is 2.26. The van der Waals surface area contributed by atoms with Crippen LogP contribution in [-0.4, -0.2) is 23.8 Å². The summed E-state index contributed by atoms with van der Waals surface area (Å²) in [5, 5.41) is 6.82. The van der Waals surface area contributed by atoms with E-state index in [1.54, 1.807) is 0 Å². The standard InChI is InChI=1S/C18H28N4O2/c1-13(2)11-15(20-17(23)24-18(3,4)5)16(21-22-19)12-14-9-7-6-8-10-14/h6-10,13,15-16H,11-12H2,1-5H3,(H,20,23)/t15-,16-/m0/s1. The molecule has 0 fully saturated rings. The summed E-state index contributed by atoms with van der Waals surface area (Å²) >= 11 is 0. The Labute approximate surface area is 144 Å². The zero-order chi connectivity index (χ0) is 18.2. The lowest BCUT2D eigenvalue weighted by Gasteiger charge is -2.28. The lowest BCUT2D eigenvalue weighted by atomic mass is 9.93. The number of alkyl carbamates (subject to hydrolysis) is 1. The molecule has 1 aromatic carbocycles. The molecule has 0 heterocycles. The molecule has 24 heavy (non-hydrogen) atoms. The summed E-state index contributed by atoms with van der Waals surface area (Å²) < 4.78 is 5.34. The zero-order valence-corrected chi connectivity index (χ0v) is 15.2. The van der Waals surface area contributed by atoms with Gasteiger partial charge >= 0.3 is 6.09 Å². The molecule has 0 spiro atoms. The first-order chi connectivity index (χ1) is 11.2. The van der Waals surface area contributed by atoms with E-state index in [1.165, 1.54) is 0 Å². The van der Waals surface area contributed by atoms with Gasteiger partial charge in [0.15, 0.2) is 0 Å². The summed E-state index contributed by atoms with van der Waals surface area (Å²) in [6.45, 7) is 9.59. The van der Waals surface area contributed by atoms with Gasteiger partial charge in [-0.05, 0) is 50.6 Å². The van der Waals surface area contributed by atoms with E-state index in [0.29, 0.717) is 18.8 Å². The molecule has 0 radical (unpaired) electrons. The molecule has 0 aliphatic heterocycles. The summed E-state index contributed by atoms with van der Waals surface area (Å²) in [6.07, 6.45) is 0.785. The zero-order valence-electron chi connectivity index (χ0n) is 15.2. The number of carbonyl (C=O) groups is 1. The predicted molar refractivity (Wildman–Crippen MR) is 95.7 cm³/mol. The van der Waals surface area contributed by atoms with Crippen molar-refractivity contribution in [1.82, 2.24) is 5.32 Å². The summed E-state index contributed by atoms with van der Waals surface area (Å²) in [6, 6.07) is 9.15. The van der Waals surface area contributed by atoms with Crippen molar-refractivity contribution in [2.45, 2.75) is 65.1 Å². The van der Waals surface area contributed by atoms with Crippen molar-refractivity contribution in [3.05, 3.63) is 46.3 Å². The van der Waals surface area contributed by atoms with Crippen molar-refractivity contribution in [3.63, 3.8) is 0 Å². The van der Waals surface area contributed by atoms with Crippen LogP contribution in [0.15, 0.2) is 35.4 Å². The van der Waals surface area contributed by atoms with Crippen LogP contribution in [0.4, 0.5) is 4.79 Å². The van der Waals surface area contributed by atoms with Crippen LogP contribution < -0.4 is 5.32 Å². The van der Waals surface area contributed by atoms with Crippen molar-refractivity contribution in [3.8, 4) is 0 Å². The normalized spacial score (nSPS) is 13.8. The molecular weight excluding hydrogens is 304 g/mol. The molecule has 0 aliphatic rings. The van der Waals surface area contributed by atoms with Crippen LogP contribution in [0.3, 0.4) is 0 Å². The van der Waals surface area contributed by atoms with Crippen molar-refractivity contribution in [1.29, 1.82) is 0 Å². The third-order valence-corrected chi connectivity index (χ3v) is 3.38. The fourth-order valence-electron chi connectivity index (χ4n) is 2.46. The predicted octanol–water partition coefficient (Wildman–Crippen LogP) is 4.85. The second-order valence-electron chi connectivity index (χ2n) is 7.34. The van der Waals surface area contributed by atoms with Crippen LogP contribution in [0, 0.1) is 5.92 Å². The Balaban J connectivity index is 2.91. The van der Waals surface area contributed by atoms with Crippen LogP contribution >= 0.6 is 0 Å². The van der Waals surface area contributed by atoms with Crippen LogP contribution in [0.1, 0.15) is 46.6 Å². The maximum Gasteiger partial charge on any atom is 0.407 e. The molecule has 6 nitrogen and oxygen atoms in total. The average Bonchev–Trinajstić information content (AvgIpc) is 2.44. The monoisotopic (exact) mass is 332 g/mol. The van der Waals surface area contributed by atoms with E-state index in [4.69, 9.17) is 10.3 Å². The number of azide groups is 1. The summed E-state index contributed by atoms with van der Waals surface area (Å²) in [5.41, 5.74) is 9.43. The number of benzene rings is 1. The van der Waals surface area contributed by atoms with Gasteiger partial charge in [-0.1, -0.05) is 49.3 Å². The Morgan fingerprint density at radius 3 is 2.42 bits per heavy atom. The molecule has 0 saturated carbocycles. The second-order valence-corrected chi connectivity index (χ2v) is 7.34. The van der Waals surface area contributed by atoms with Gasteiger partial charge in [0.1, 0.15) is 5.60 Å². The third kappa shape index (κ3) is 7.88. The number of carbonyl (C=O) groups excluding carboxylic acids is 1. The van der Waals surface area contributed by atoms with E-state index in [2.05, 4.69) is 29.2 Å². The SMILES string of the molecule is CC(C)C[C@H](NC(=O)OC(C)(C)C)[C@H](Cc1ccccc1)N=[N+]=[N-]. The van der Waals surface area contributed by atoms with E-state index in [1.807, 2.05) is 51.1 Å². The molecule has 0 aromatic heterocycles. The van der Waals surface area contributed by atoms with Crippen LogP contribution in [0.25, 0.3) is 10.4 Å². The van der Waals surface area contributed by atoms with Gasteiger partial charge in [0, 0.05) is 11.0 Å². The van der Waals surface area contributed by atoms with Gasteiger partial charge in [0.2, 0.25) is 0 Å². The number of rotatable bonds is 7. The van der Waals surface area contributed by atoms with Gasteiger partial charge in [0.25, 0.3) is 0 Å². The number of amides is 1. The van der Waals surface area contributed by atoms with Gasteiger partial charge in [-0.15, -0.1) is 0 Å². The summed E-state index contributed by atoms with van der Waals surface area (Å²) in [7, 11) is 0. The first kappa shape index (κ1) is 19.8. The van der Waals surface area contributed by atoms with Crippen LogP contribution in [0.5, 0.6) is 0 Å². The van der Waals surface area contributed by atoms with E-state index in [-0.39, 0.29) is 12.1 Å². The van der Waals surface area contributed by atoms with Crippen molar-refractivity contribution in [2.24, 2.45) is 11.0 Å². The Morgan fingerprint density at radius 1 is 1.29 bits per heavy atom. The highest BCUT2D eigenvalue weighted by Crippen LogP contribution is 2.17. The largest absolute Gasteiger partial charge is 0.444 e. The molecule has 1 amide bonds. The maximum absolute atomic E-state index is 12.1.